The van der Waals surface area contributed by atoms with Crippen molar-refractivity contribution in [2.24, 2.45) is 0 Å². The molecule has 1 aliphatic rings. The fourth-order valence-corrected chi connectivity index (χ4v) is 5.64. The quantitative estimate of drug-likeness (QED) is 0.745. The Bertz CT molecular complexity index is 775. The monoisotopic (exact) mass is 360 g/mol. The van der Waals surface area contributed by atoms with E-state index < -0.39 is 25.4 Å². The molecule has 1 atom stereocenters. The summed E-state index contributed by atoms with van der Waals surface area (Å²) < 4.78 is 49.3. The molecule has 9 heteroatoms. The first kappa shape index (κ1) is 17.9. The summed E-state index contributed by atoms with van der Waals surface area (Å²) in [4.78, 5) is 12.0. The number of sulfone groups is 1. The van der Waals surface area contributed by atoms with Gasteiger partial charge in [0.1, 0.15) is 0 Å². The SMILES string of the molecule is C[C@]1(NC(=O)CCNS(=O)(=O)c2ccccc2)CCS(=O)(=O)C1. The number of sulfonamides is 1. The Morgan fingerprint density at radius 2 is 1.91 bits per heavy atom. The second-order valence-corrected chi connectivity index (χ2v) is 9.86. The van der Waals surface area contributed by atoms with Crippen LogP contribution >= 0.6 is 0 Å². The van der Waals surface area contributed by atoms with Crippen LogP contribution in [0.3, 0.4) is 0 Å². The van der Waals surface area contributed by atoms with E-state index in [1.165, 1.54) is 12.1 Å². The summed E-state index contributed by atoms with van der Waals surface area (Å²) in [6.07, 6.45) is 0.318. The van der Waals surface area contributed by atoms with E-state index >= 15 is 0 Å². The van der Waals surface area contributed by atoms with Gasteiger partial charge in [0.2, 0.25) is 15.9 Å². The molecule has 0 bridgehead atoms. The standard InChI is InChI=1S/C14H20N2O5S2/c1-14(8-10-22(18,19)11-14)16-13(17)7-9-15-23(20,21)12-5-3-2-4-6-12/h2-6,15H,7-11H2,1H3,(H,16,17)/t14-/m0/s1. The third-order valence-corrected chi connectivity index (χ3v) is 7.02. The van der Waals surface area contributed by atoms with E-state index in [0.29, 0.717) is 6.42 Å². The Morgan fingerprint density at radius 1 is 1.26 bits per heavy atom. The van der Waals surface area contributed by atoms with E-state index in [4.69, 9.17) is 0 Å². The van der Waals surface area contributed by atoms with Gasteiger partial charge in [-0.1, -0.05) is 18.2 Å². The minimum absolute atomic E-state index is 0.0497. The van der Waals surface area contributed by atoms with Crippen molar-refractivity contribution in [2.75, 3.05) is 18.1 Å². The molecule has 1 aliphatic heterocycles. The van der Waals surface area contributed by atoms with Gasteiger partial charge in [-0.15, -0.1) is 0 Å². The van der Waals surface area contributed by atoms with Crippen LogP contribution in [0.2, 0.25) is 0 Å². The lowest BCUT2D eigenvalue weighted by atomic mass is 10.0. The van der Waals surface area contributed by atoms with Gasteiger partial charge in [-0.3, -0.25) is 4.79 Å². The number of hydrogen-bond donors (Lipinski definition) is 2. The van der Waals surface area contributed by atoms with Gasteiger partial charge in [0.25, 0.3) is 0 Å². The third-order valence-electron chi connectivity index (χ3n) is 3.64. The van der Waals surface area contributed by atoms with Crippen molar-refractivity contribution < 1.29 is 21.6 Å². The normalized spacial score (nSPS) is 23.5. The highest BCUT2D eigenvalue weighted by Crippen LogP contribution is 2.22. The van der Waals surface area contributed by atoms with Gasteiger partial charge in [-0.2, -0.15) is 0 Å². The van der Waals surface area contributed by atoms with Crippen LogP contribution in [0, 0.1) is 0 Å². The summed E-state index contributed by atoms with van der Waals surface area (Å²) in [5.74, 6) is -0.397. The minimum atomic E-state index is -3.64. The van der Waals surface area contributed by atoms with Crippen molar-refractivity contribution in [1.82, 2.24) is 10.0 Å². The molecule has 0 aliphatic carbocycles. The van der Waals surface area contributed by atoms with Gasteiger partial charge in [0.15, 0.2) is 9.84 Å². The van der Waals surface area contributed by atoms with Crippen LogP contribution in [0.1, 0.15) is 19.8 Å². The zero-order chi connectivity index (χ0) is 17.1. The average Bonchev–Trinajstić information content (AvgIpc) is 2.73. The summed E-state index contributed by atoms with van der Waals surface area (Å²) in [6, 6.07) is 7.87. The average molecular weight is 360 g/mol. The van der Waals surface area contributed by atoms with Crippen molar-refractivity contribution in [3.8, 4) is 0 Å². The zero-order valence-electron chi connectivity index (χ0n) is 12.8. The van der Waals surface area contributed by atoms with Crippen LogP contribution in [-0.2, 0) is 24.7 Å². The lowest BCUT2D eigenvalue weighted by Crippen LogP contribution is -2.47. The Hall–Kier alpha value is -1.45. The zero-order valence-corrected chi connectivity index (χ0v) is 14.4. The van der Waals surface area contributed by atoms with Crippen molar-refractivity contribution >= 4 is 25.8 Å². The number of benzene rings is 1. The fourth-order valence-electron chi connectivity index (χ4n) is 2.49. The van der Waals surface area contributed by atoms with Crippen LogP contribution in [0.15, 0.2) is 35.2 Å². The maximum absolute atomic E-state index is 12.0. The van der Waals surface area contributed by atoms with Gasteiger partial charge in [-0.05, 0) is 25.5 Å². The van der Waals surface area contributed by atoms with E-state index in [0.717, 1.165) is 0 Å². The van der Waals surface area contributed by atoms with Gasteiger partial charge in [0.05, 0.1) is 21.9 Å². The molecule has 2 rings (SSSR count). The summed E-state index contributed by atoms with van der Waals surface area (Å²) in [5, 5.41) is 2.68. The van der Waals surface area contributed by atoms with E-state index in [9.17, 15) is 21.6 Å². The molecule has 0 aromatic heterocycles. The minimum Gasteiger partial charge on any atom is -0.350 e. The van der Waals surface area contributed by atoms with Crippen molar-refractivity contribution in [2.45, 2.75) is 30.2 Å². The molecule has 23 heavy (non-hydrogen) atoms. The number of nitrogens with one attached hydrogen (secondary N) is 2. The number of carbonyl (C=O) groups excluding carboxylic acids is 1. The molecule has 0 radical (unpaired) electrons. The van der Waals surface area contributed by atoms with Gasteiger partial charge < -0.3 is 5.32 Å². The maximum atomic E-state index is 12.0. The van der Waals surface area contributed by atoms with Crippen LogP contribution in [-0.4, -0.2) is 46.3 Å². The third kappa shape index (κ3) is 5.02. The van der Waals surface area contributed by atoms with E-state index in [1.807, 2.05) is 0 Å². The summed E-state index contributed by atoms with van der Waals surface area (Å²) in [5.41, 5.74) is -0.770. The number of amides is 1. The maximum Gasteiger partial charge on any atom is 0.240 e. The first-order valence-corrected chi connectivity index (χ1v) is 10.5. The predicted molar refractivity (Wildman–Crippen MR) is 86.1 cm³/mol. The molecule has 1 saturated heterocycles. The summed E-state index contributed by atoms with van der Waals surface area (Å²) in [7, 11) is -6.75. The summed E-state index contributed by atoms with van der Waals surface area (Å²) >= 11 is 0. The fraction of sp³-hybridized carbons (Fsp3) is 0.500. The Labute approximate surface area is 136 Å². The van der Waals surface area contributed by atoms with E-state index in [1.54, 1.807) is 25.1 Å². The molecule has 1 aromatic rings. The molecule has 0 saturated carbocycles. The van der Waals surface area contributed by atoms with Gasteiger partial charge in [0, 0.05) is 13.0 Å². The van der Waals surface area contributed by atoms with E-state index in [2.05, 4.69) is 10.0 Å². The molecule has 7 nitrogen and oxygen atoms in total. The highest BCUT2D eigenvalue weighted by molar-refractivity contribution is 7.91. The lowest BCUT2D eigenvalue weighted by Gasteiger charge is -2.23. The Kier molecular flexibility index (Phi) is 5.12. The number of hydrogen-bond acceptors (Lipinski definition) is 5. The number of rotatable bonds is 6. The molecular weight excluding hydrogens is 340 g/mol. The van der Waals surface area contributed by atoms with Crippen molar-refractivity contribution in [3.63, 3.8) is 0 Å². The second-order valence-electron chi connectivity index (χ2n) is 5.91. The molecule has 0 unspecified atom stereocenters. The second kappa shape index (κ2) is 6.58. The molecule has 1 amide bonds. The molecule has 1 aromatic carbocycles. The molecular formula is C14H20N2O5S2. The molecule has 0 spiro atoms. The first-order chi connectivity index (χ1) is 10.6. The van der Waals surface area contributed by atoms with Crippen LogP contribution in [0.4, 0.5) is 0 Å². The molecule has 1 heterocycles. The van der Waals surface area contributed by atoms with Crippen LogP contribution in [0.25, 0.3) is 0 Å². The van der Waals surface area contributed by atoms with Crippen molar-refractivity contribution in [1.29, 1.82) is 0 Å². The van der Waals surface area contributed by atoms with Crippen LogP contribution in [0.5, 0.6) is 0 Å². The summed E-state index contributed by atoms with van der Waals surface area (Å²) in [6.45, 7) is 1.63. The van der Waals surface area contributed by atoms with Crippen molar-refractivity contribution in [3.05, 3.63) is 30.3 Å². The van der Waals surface area contributed by atoms with Gasteiger partial charge in [-0.25, -0.2) is 21.6 Å². The molecule has 128 valence electrons. The van der Waals surface area contributed by atoms with E-state index in [-0.39, 0.29) is 35.3 Å². The Morgan fingerprint density at radius 3 is 2.48 bits per heavy atom. The lowest BCUT2D eigenvalue weighted by molar-refractivity contribution is -0.122. The Balaban J connectivity index is 1.84. The number of carbonyl (C=O) groups is 1. The molecule has 1 fully saturated rings. The van der Waals surface area contributed by atoms with Crippen LogP contribution < -0.4 is 10.0 Å². The molecule has 2 N–H and O–H groups in total. The first-order valence-electron chi connectivity index (χ1n) is 7.18. The largest absolute Gasteiger partial charge is 0.350 e. The van der Waals surface area contributed by atoms with Gasteiger partial charge >= 0.3 is 0 Å². The smallest absolute Gasteiger partial charge is 0.240 e. The topological polar surface area (TPSA) is 109 Å². The highest BCUT2D eigenvalue weighted by Gasteiger charge is 2.39. The highest BCUT2D eigenvalue weighted by atomic mass is 32.2. The predicted octanol–water partition coefficient (Wildman–Crippen LogP) is 0.0484.